The van der Waals surface area contributed by atoms with Crippen LogP contribution in [0.1, 0.15) is 20.8 Å². The smallest absolute Gasteiger partial charge is 0.216 e. The maximum atomic E-state index is 4.90. The van der Waals surface area contributed by atoms with Crippen LogP contribution < -0.4 is 0 Å². The van der Waals surface area contributed by atoms with Gasteiger partial charge >= 0.3 is 0 Å². The second-order valence-corrected chi connectivity index (χ2v) is 3.46. The Hall–Kier alpha value is -0.0200. The first kappa shape index (κ1) is 13.6. The van der Waals surface area contributed by atoms with Crippen molar-refractivity contribution < 1.29 is 4.74 Å². The fourth-order valence-electron chi connectivity index (χ4n) is 0.238. The zero-order valence-electron chi connectivity index (χ0n) is 7.33. The van der Waals surface area contributed by atoms with Gasteiger partial charge in [0.25, 0.3) is 0 Å². The van der Waals surface area contributed by atoms with Crippen LogP contribution in [-0.4, -0.2) is 11.0 Å². The van der Waals surface area contributed by atoms with E-state index < -0.39 is 0 Å². The summed E-state index contributed by atoms with van der Waals surface area (Å²) in [5.41, 5.74) is 0. The van der Waals surface area contributed by atoms with Crippen molar-refractivity contribution in [2.45, 2.75) is 20.8 Å². The molecule has 66 valence electrons. The Morgan fingerprint density at radius 3 is 2.18 bits per heavy atom. The van der Waals surface area contributed by atoms with E-state index in [9.17, 15) is 0 Å². The molecule has 0 rings (SSSR count). The summed E-state index contributed by atoms with van der Waals surface area (Å²) in [7, 11) is 0. The van der Waals surface area contributed by atoms with Crippen molar-refractivity contribution in [1.29, 1.82) is 0 Å². The van der Waals surface area contributed by atoms with E-state index >= 15 is 0 Å². The molecule has 0 heterocycles. The first-order chi connectivity index (χ1) is 5.04. The van der Waals surface area contributed by atoms with Crippen LogP contribution in [0.15, 0.2) is 12.7 Å². The first-order valence-electron chi connectivity index (χ1n) is 3.47. The van der Waals surface area contributed by atoms with Gasteiger partial charge in [-0.1, -0.05) is 32.6 Å². The third kappa shape index (κ3) is 25.6. The Balaban J connectivity index is 0. The summed E-state index contributed by atoms with van der Waals surface area (Å²) in [6.07, 6.45) is 1.75. The Morgan fingerprint density at radius 2 is 2.09 bits per heavy atom. The van der Waals surface area contributed by atoms with Crippen LogP contribution in [-0.2, 0) is 4.74 Å². The van der Waals surface area contributed by atoms with Crippen LogP contribution in [0.5, 0.6) is 0 Å². The third-order valence-corrected chi connectivity index (χ3v) is 0.787. The molecule has 0 aromatic carbocycles. The van der Waals surface area contributed by atoms with Gasteiger partial charge in [0.2, 0.25) is 4.38 Å². The lowest BCUT2D eigenvalue weighted by Gasteiger charge is -2.03. The summed E-state index contributed by atoms with van der Waals surface area (Å²) in [5, 5.41) is 0. The summed E-state index contributed by atoms with van der Waals surface area (Å²) in [5.74, 6) is 0.528. The number of rotatable bonds is 2. The number of hydrogen-bond acceptors (Lipinski definition) is 2. The molecule has 0 atom stereocenters. The molecule has 0 saturated carbocycles. The average Bonchev–Trinajstić information content (AvgIpc) is 1.85. The van der Waals surface area contributed by atoms with Crippen LogP contribution in [0.4, 0.5) is 0 Å². The topological polar surface area (TPSA) is 9.23 Å². The Morgan fingerprint density at radius 1 is 1.73 bits per heavy atom. The van der Waals surface area contributed by atoms with Gasteiger partial charge in [0, 0.05) is 0 Å². The lowest BCUT2D eigenvalue weighted by atomic mass is 10.2. The van der Waals surface area contributed by atoms with E-state index in [0.29, 0.717) is 16.9 Å². The zero-order valence-corrected chi connectivity index (χ0v) is 9.04. The van der Waals surface area contributed by atoms with Crippen molar-refractivity contribution in [3.05, 3.63) is 12.7 Å². The highest BCUT2D eigenvalue weighted by Gasteiger charge is 1.92. The molecule has 0 aromatic heterocycles. The van der Waals surface area contributed by atoms with Crippen LogP contribution in [0.3, 0.4) is 0 Å². The molecule has 0 saturated heterocycles. The molecule has 0 bridgehead atoms. The van der Waals surface area contributed by atoms with Crippen molar-refractivity contribution in [2.24, 2.45) is 5.92 Å². The van der Waals surface area contributed by atoms with Gasteiger partial charge in [-0.2, -0.15) is 0 Å². The first-order valence-corrected chi connectivity index (χ1v) is 4.32. The predicted molar refractivity (Wildman–Crippen MR) is 58.2 cm³/mol. The van der Waals surface area contributed by atoms with E-state index in [4.69, 9.17) is 4.74 Å². The third-order valence-electron chi connectivity index (χ3n) is 0.540. The van der Waals surface area contributed by atoms with Gasteiger partial charge in [-0.3, -0.25) is 0 Å². The fraction of sp³-hybridized carbons (Fsp3) is 0.625. The molecule has 0 aromatic rings. The standard InChI is InChI=1S/C5H10OS2.C3H6/c1-4(2)3-6-5(7)8;1-3-2/h4H,3H2,1-2H3,(H,7,8);3H,1H2,2H3. The molecule has 0 amide bonds. The molecular weight excluding hydrogens is 176 g/mol. The Labute approximate surface area is 80.2 Å². The molecule has 11 heavy (non-hydrogen) atoms. The monoisotopic (exact) mass is 192 g/mol. The molecule has 0 fully saturated rings. The van der Waals surface area contributed by atoms with E-state index in [1.54, 1.807) is 6.08 Å². The number of thiocarbonyl (C=S) groups is 1. The molecule has 0 N–H and O–H groups in total. The highest BCUT2D eigenvalue weighted by Crippen LogP contribution is 1.95. The number of ether oxygens (including phenoxy) is 1. The summed E-state index contributed by atoms with van der Waals surface area (Å²) >= 11 is 8.34. The van der Waals surface area contributed by atoms with Crippen LogP contribution in [0, 0.1) is 5.92 Å². The Kier molecular flexibility index (Phi) is 12.3. The van der Waals surface area contributed by atoms with E-state index in [-0.39, 0.29) is 0 Å². The van der Waals surface area contributed by atoms with Crippen molar-refractivity contribution >= 4 is 29.2 Å². The van der Waals surface area contributed by atoms with Crippen molar-refractivity contribution in [1.82, 2.24) is 0 Å². The van der Waals surface area contributed by atoms with Gasteiger partial charge in [-0.05, 0) is 25.1 Å². The second-order valence-electron chi connectivity index (χ2n) is 2.38. The highest BCUT2D eigenvalue weighted by molar-refractivity contribution is 8.10. The van der Waals surface area contributed by atoms with Gasteiger partial charge in [0.15, 0.2) is 0 Å². The SMILES string of the molecule is C=CC.CC(C)COC(=S)S. The molecular formula is C8H16OS2. The molecule has 0 aliphatic rings. The van der Waals surface area contributed by atoms with Crippen molar-refractivity contribution in [3.63, 3.8) is 0 Å². The maximum Gasteiger partial charge on any atom is 0.216 e. The molecule has 3 heteroatoms. The van der Waals surface area contributed by atoms with E-state index in [1.807, 2.05) is 6.92 Å². The summed E-state index contributed by atoms with van der Waals surface area (Å²) < 4.78 is 5.23. The normalized spacial score (nSPS) is 8.09. The highest BCUT2D eigenvalue weighted by atomic mass is 32.1. The maximum absolute atomic E-state index is 4.90. The predicted octanol–water partition coefficient (Wildman–Crippen LogP) is 3.07. The van der Waals surface area contributed by atoms with Crippen LogP contribution >= 0.6 is 24.8 Å². The quantitative estimate of drug-likeness (QED) is 0.409. The van der Waals surface area contributed by atoms with E-state index in [2.05, 4.69) is 45.3 Å². The minimum Gasteiger partial charge on any atom is -0.478 e. The average molecular weight is 192 g/mol. The van der Waals surface area contributed by atoms with Crippen molar-refractivity contribution in [2.75, 3.05) is 6.61 Å². The largest absolute Gasteiger partial charge is 0.478 e. The summed E-state index contributed by atoms with van der Waals surface area (Å²) in [6.45, 7) is 10.0. The molecule has 0 aliphatic heterocycles. The summed E-state index contributed by atoms with van der Waals surface area (Å²) in [4.78, 5) is 0. The molecule has 0 aliphatic carbocycles. The molecule has 1 nitrogen and oxygen atoms in total. The number of allylic oxidation sites excluding steroid dienone is 1. The van der Waals surface area contributed by atoms with Gasteiger partial charge in [0.05, 0.1) is 6.61 Å². The lowest BCUT2D eigenvalue weighted by Crippen LogP contribution is -2.02. The minimum absolute atomic E-state index is 0.332. The van der Waals surface area contributed by atoms with E-state index in [0.717, 1.165) is 0 Å². The summed E-state index contributed by atoms with van der Waals surface area (Å²) in [6, 6.07) is 0. The minimum atomic E-state index is 0.332. The number of hydrogen-bond donors (Lipinski definition) is 1. The molecule has 0 spiro atoms. The van der Waals surface area contributed by atoms with Crippen LogP contribution in [0.25, 0.3) is 0 Å². The lowest BCUT2D eigenvalue weighted by molar-refractivity contribution is 0.273. The molecule has 0 radical (unpaired) electrons. The number of thiol groups is 1. The second kappa shape index (κ2) is 9.98. The van der Waals surface area contributed by atoms with Gasteiger partial charge in [0.1, 0.15) is 0 Å². The van der Waals surface area contributed by atoms with Gasteiger partial charge in [-0.15, -0.1) is 6.58 Å². The van der Waals surface area contributed by atoms with Crippen molar-refractivity contribution in [3.8, 4) is 0 Å². The Bertz CT molecular complexity index is 111. The fourth-order valence-corrected chi connectivity index (χ4v) is 0.381. The zero-order chi connectivity index (χ0) is 9.28. The van der Waals surface area contributed by atoms with E-state index in [1.165, 1.54) is 0 Å². The molecule has 0 unspecified atom stereocenters. The van der Waals surface area contributed by atoms with Gasteiger partial charge in [-0.25, -0.2) is 0 Å². The van der Waals surface area contributed by atoms with Gasteiger partial charge < -0.3 is 4.74 Å². The van der Waals surface area contributed by atoms with Crippen LogP contribution in [0.2, 0.25) is 0 Å².